The van der Waals surface area contributed by atoms with Gasteiger partial charge in [0, 0.05) is 32.8 Å². The summed E-state index contributed by atoms with van der Waals surface area (Å²) in [6.07, 6.45) is -9.61. The molecule has 0 amide bonds. The monoisotopic (exact) mass is 777 g/mol. The molecule has 0 aromatic heterocycles. The van der Waals surface area contributed by atoms with Gasteiger partial charge < -0.3 is 47.4 Å². The Morgan fingerprint density at radius 2 is 1.05 bits per heavy atom. The zero-order valence-electron chi connectivity index (χ0n) is 31.6. The molecular formula is C40H47N3O13. The number of carbonyl (C=O) groups excluding carboxylic acids is 3. The lowest BCUT2D eigenvalue weighted by atomic mass is 9.96. The lowest BCUT2D eigenvalue weighted by molar-refractivity contribution is -0.334. The molecule has 0 spiro atoms. The fourth-order valence-electron chi connectivity index (χ4n) is 6.46. The molecule has 300 valence electrons. The Kier molecular flexibility index (Phi) is 16.2. The first-order valence-corrected chi connectivity index (χ1v) is 18.1. The van der Waals surface area contributed by atoms with Crippen LogP contribution in [0.1, 0.15) is 37.5 Å². The van der Waals surface area contributed by atoms with Crippen molar-refractivity contribution in [2.24, 2.45) is 5.11 Å². The first-order chi connectivity index (χ1) is 27.2. The number of rotatable bonds is 18. The summed E-state index contributed by atoms with van der Waals surface area (Å²) < 4.78 is 60.8. The van der Waals surface area contributed by atoms with Crippen LogP contribution in [0.25, 0.3) is 10.4 Å². The van der Waals surface area contributed by atoms with Crippen molar-refractivity contribution in [1.82, 2.24) is 0 Å². The first-order valence-electron chi connectivity index (χ1n) is 18.1. The second-order valence-electron chi connectivity index (χ2n) is 13.1. The van der Waals surface area contributed by atoms with Crippen molar-refractivity contribution in [1.29, 1.82) is 0 Å². The maximum absolute atomic E-state index is 12.3. The van der Waals surface area contributed by atoms with Crippen LogP contribution >= 0.6 is 0 Å². The fraction of sp³-hybridized carbons (Fsp3) is 0.475. The molecule has 16 nitrogen and oxygen atoms in total. The molecule has 2 aliphatic heterocycles. The fourth-order valence-corrected chi connectivity index (χ4v) is 6.46. The van der Waals surface area contributed by atoms with Gasteiger partial charge in [0.05, 0.1) is 26.4 Å². The van der Waals surface area contributed by atoms with E-state index in [4.69, 9.17) is 47.4 Å². The predicted octanol–water partition coefficient (Wildman–Crippen LogP) is 4.96. The number of ether oxygens (including phenoxy) is 10. The molecule has 2 fully saturated rings. The lowest BCUT2D eigenvalue weighted by Gasteiger charge is -2.47. The maximum atomic E-state index is 12.3. The molecule has 5 rings (SSSR count). The highest BCUT2D eigenvalue weighted by atomic mass is 16.7. The minimum Gasteiger partial charge on any atom is -0.463 e. The van der Waals surface area contributed by atoms with Crippen LogP contribution in [0.15, 0.2) is 96.1 Å². The first kappa shape index (κ1) is 42.2. The molecule has 3 aromatic rings. The van der Waals surface area contributed by atoms with Crippen molar-refractivity contribution in [2.45, 2.75) is 102 Å². The van der Waals surface area contributed by atoms with Gasteiger partial charge in [0.25, 0.3) is 0 Å². The Hall–Kier alpha value is -4.90. The number of azide groups is 1. The van der Waals surface area contributed by atoms with Crippen LogP contribution in [0.2, 0.25) is 0 Å². The highest BCUT2D eigenvalue weighted by Crippen LogP contribution is 2.34. The van der Waals surface area contributed by atoms with Gasteiger partial charge in [0.1, 0.15) is 43.2 Å². The van der Waals surface area contributed by atoms with E-state index in [1.165, 1.54) is 14.0 Å². The highest BCUT2D eigenvalue weighted by molar-refractivity contribution is 5.68. The minimum atomic E-state index is -1.42. The zero-order chi connectivity index (χ0) is 39.9. The second kappa shape index (κ2) is 21.4. The molecule has 2 saturated heterocycles. The summed E-state index contributed by atoms with van der Waals surface area (Å²) in [5.41, 5.74) is 12.3. The van der Waals surface area contributed by atoms with E-state index in [0.717, 1.165) is 30.5 Å². The van der Waals surface area contributed by atoms with Crippen LogP contribution in [-0.2, 0) is 81.6 Å². The van der Waals surface area contributed by atoms with Crippen LogP contribution in [0, 0.1) is 0 Å². The van der Waals surface area contributed by atoms with Gasteiger partial charge in [-0.15, -0.1) is 0 Å². The van der Waals surface area contributed by atoms with Gasteiger partial charge >= 0.3 is 17.9 Å². The predicted molar refractivity (Wildman–Crippen MR) is 196 cm³/mol. The third kappa shape index (κ3) is 12.0. The Balaban J connectivity index is 1.47. The van der Waals surface area contributed by atoms with Gasteiger partial charge in [-0.25, -0.2) is 0 Å². The maximum Gasteiger partial charge on any atom is 0.303 e. The van der Waals surface area contributed by atoms with Crippen LogP contribution in [0.5, 0.6) is 0 Å². The third-order valence-electron chi connectivity index (χ3n) is 8.96. The van der Waals surface area contributed by atoms with Crippen molar-refractivity contribution < 1.29 is 61.8 Å². The number of esters is 3. The molecule has 56 heavy (non-hydrogen) atoms. The Morgan fingerprint density at radius 1 is 0.589 bits per heavy atom. The molecule has 0 radical (unpaired) electrons. The number of nitrogens with zero attached hydrogens (tertiary/aromatic N) is 3. The summed E-state index contributed by atoms with van der Waals surface area (Å²) in [6, 6.07) is 27.5. The Morgan fingerprint density at radius 3 is 1.54 bits per heavy atom. The van der Waals surface area contributed by atoms with E-state index in [2.05, 4.69) is 10.0 Å². The van der Waals surface area contributed by atoms with E-state index < -0.39 is 85.9 Å². The molecule has 2 heterocycles. The molecule has 3 aromatic carbocycles. The summed E-state index contributed by atoms with van der Waals surface area (Å²) in [5.74, 6) is -2.14. The zero-order valence-corrected chi connectivity index (χ0v) is 31.6. The number of carbonyl (C=O) groups is 3. The summed E-state index contributed by atoms with van der Waals surface area (Å²) in [5, 5.41) is 3.83. The largest absolute Gasteiger partial charge is 0.463 e. The number of hydrogen-bond donors (Lipinski definition) is 0. The summed E-state index contributed by atoms with van der Waals surface area (Å²) in [6.45, 7) is 3.42. The smallest absolute Gasteiger partial charge is 0.303 e. The SMILES string of the molecule is CO[C@H]1O[C@H](CO[C@H]2O[C@H](COC(C)=O)[C@@H](OC(C)=O)[C@H](OC(C)=O)[C@@H]2N=[N+]=[N-])[C@@H](OCc2ccccc2)[C@H](OCc2ccccc2)[C@H]1OCc1ccccc1. The van der Waals surface area contributed by atoms with Crippen molar-refractivity contribution in [3.05, 3.63) is 118 Å². The van der Waals surface area contributed by atoms with Gasteiger partial charge in [0.2, 0.25) is 0 Å². The molecule has 0 saturated carbocycles. The highest BCUT2D eigenvalue weighted by Gasteiger charge is 2.53. The van der Waals surface area contributed by atoms with Gasteiger partial charge in [-0.1, -0.05) is 96.1 Å². The van der Waals surface area contributed by atoms with Crippen molar-refractivity contribution in [3.63, 3.8) is 0 Å². The molecular weight excluding hydrogens is 730 g/mol. The van der Waals surface area contributed by atoms with Crippen LogP contribution in [-0.4, -0.2) is 99.6 Å². The third-order valence-corrected chi connectivity index (χ3v) is 8.96. The van der Waals surface area contributed by atoms with Crippen molar-refractivity contribution >= 4 is 17.9 Å². The number of methoxy groups -OCH3 is 1. The number of hydrogen-bond acceptors (Lipinski definition) is 14. The van der Waals surface area contributed by atoms with Gasteiger partial charge in [-0.3, -0.25) is 14.4 Å². The van der Waals surface area contributed by atoms with Crippen LogP contribution in [0.4, 0.5) is 0 Å². The standard InChI is InChI=1S/C40H47N3O13/c1-25(44)48-23-32-35(53-26(2)45)36(54-27(3)46)33(42-43-41)39(55-32)52-24-31-34(49-20-28-14-8-5-9-15-28)37(50-21-29-16-10-6-11-17-29)38(40(47-4)56-31)51-22-30-18-12-7-13-19-30/h5-19,31-40H,20-24H2,1-4H3/t31-,32-,33+,34-,35-,36-,37+,38-,39+,40+/m1/s1. The molecule has 0 aliphatic carbocycles. The second-order valence-corrected chi connectivity index (χ2v) is 13.1. The Bertz CT molecular complexity index is 1730. The Labute approximate surface area is 324 Å². The van der Waals surface area contributed by atoms with Crippen molar-refractivity contribution in [3.8, 4) is 0 Å². The topological polar surface area (TPSA) is 192 Å². The normalized spacial score (nSPS) is 27.4. The molecule has 0 bridgehead atoms. The van der Waals surface area contributed by atoms with Crippen LogP contribution in [0.3, 0.4) is 0 Å². The van der Waals surface area contributed by atoms with E-state index in [1.54, 1.807) is 0 Å². The van der Waals surface area contributed by atoms with E-state index >= 15 is 0 Å². The summed E-state index contributed by atoms with van der Waals surface area (Å²) in [7, 11) is 1.49. The number of benzene rings is 3. The average molecular weight is 778 g/mol. The van der Waals surface area contributed by atoms with Gasteiger partial charge in [0.15, 0.2) is 24.8 Å². The van der Waals surface area contributed by atoms with E-state index in [0.29, 0.717) is 0 Å². The molecule has 0 N–H and O–H groups in total. The molecule has 10 atom stereocenters. The summed E-state index contributed by atoms with van der Waals surface area (Å²) >= 11 is 0. The molecule has 16 heteroatoms. The van der Waals surface area contributed by atoms with E-state index in [9.17, 15) is 19.9 Å². The minimum absolute atomic E-state index is 0.171. The van der Waals surface area contributed by atoms with Gasteiger partial charge in [-0.05, 0) is 22.2 Å². The van der Waals surface area contributed by atoms with E-state index in [-0.39, 0.29) is 26.4 Å². The van der Waals surface area contributed by atoms with Crippen molar-refractivity contribution in [2.75, 3.05) is 20.3 Å². The molecule has 0 unspecified atom stereocenters. The lowest BCUT2D eigenvalue weighted by Crippen LogP contribution is -2.63. The van der Waals surface area contributed by atoms with Gasteiger partial charge in [-0.2, -0.15) is 0 Å². The quantitative estimate of drug-likeness (QED) is 0.0554. The van der Waals surface area contributed by atoms with Crippen LogP contribution < -0.4 is 0 Å². The summed E-state index contributed by atoms with van der Waals surface area (Å²) in [4.78, 5) is 39.2. The van der Waals surface area contributed by atoms with E-state index in [1.807, 2.05) is 91.0 Å². The molecule has 2 aliphatic rings. The average Bonchev–Trinajstić information content (AvgIpc) is 3.19.